The lowest BCUT2D eigenvalue weighted by molar-refractivity contribution is -0.150. The molecule has 0 radical (unpaired) electrons. The molecule has 0 spiro atoms. The van der Waals surface area contributed by atoms with E-state index in [-0.39, 0.29) is 22.0 Å². The van der Waals surface area contributed by atoms with Crippen molar-refractivity contribution >= 4 is 45.2 Å². The largest absolute Gasteiger partial charge is 0.465 e. The summed E-state index contributed by atoms with van der Waals surface area (Å²) in [5, 5.41) is 18.7. The quantitative estimate of drug-likeness (QED) is 0.121. The van der Waals surface area contributed by atoms with Crippen LogP contribution in [0.15, 0.2) is 24.3 Å². The van der Waals surface area contributed by atoms with Crippen molar-refractivity contribution in [3.8, 4) is 0 Å². The zero-order chi connectivity index (χ0) is 25.1. The van der Waals surface area contributed by atoms with E-state index in [0.29, 0.717) is 18.6 Å². The van der Waals surface area contributed by atoms with E-state index in [0.717, 1.165) is 46.9 Å². The second-order valence-electron chi connectivity index (χ2n) is 9.89. The van der Waals surface area contributed by atoms with Crippen molar-refractivity contribution in [3.63, 3.8) is 0 Å². The van der Waals surface area contributed by atoms with Crippen LogP contribution in [0.5, 0.6) is 0 Å². The van der Waals surface area contributed by atoms with Crippen LogP contribution < -0.4 is 0 Å². The van der Waals surface area contributed by atoms with Crippen LogP contribution in [-0.2, 0) is 16.0 Å². The number of hydrogen-bond acceptors (Lipinski definition) is 7. The van der Waals surface area contributed by atoms with Crippen molar-refractivity contribution in [2.24, 2.45) is 11.3 Å². The summed E-state index contributed by atoms with van der Waals surface area (Å²) >= 11 is 8.96. The van der Waals surface area contributed by atoms with E-state index in [1.54, 1.807) is 35.7 Å². The normalized spacial score (nSPS) is 13.2. The molecule has 0 saturated heterocycles. The van der Waals surface area contributed by atoms with Gasteiger partial charge in [-0.15, -0.1) is 23.5 Å². The molecule has 0 amide bonds. The highest BCUT2D eigenvalue weighted by Crippen LogP contribution is 2.43. The van der Waals surface area contributed by atoms with Crippen molar-refractivity contribution in [2.75, 3.05) is 12.4 Å². The van der Waals surface area contributed by atoms with E-state index in [1.165, 1.54) is 0 Å². The summed E-state index contributed by atoms with van der Waals surface area (Å²) in [6, 6.07) is 7.31. The third-order valence-corrected chi connectivity index (χ3v) is 8.56. The Morgan fingerprint density at radius 1 is 1.06 bits per heavy atom. The molecule has 1 aromatic rings. The van der Waals surface area contributed by atoms with E-state index in [4.69, 9.17) is 17.0 Å². The minimum Gasteiger partial charge on any atom is -0.465 e. The average molecular weight is 515 g/mol. The Labute approximate surface area is 214 Å². The Morgan fingerprint density at radius 2 is 1.67 bits per heavy atom. The summed E-state index contributed by atoms with van der Waals surface area (Å²) in [7, 11) is 0. The highest BCUT2D eigenvalue weighted by atomic mass is 32.2. The number of benzene rings is 1. The molecule has 1 atom stereocenters. The minimum atomic E-state index is -1.47. The zero-order valence-corrected chi connectivity index (χ0v) is 23.5. The molecule has 1 rings (SSSR count). The van der Waals surface area contributed by atoms with Gasteiger partial charge in [0.25, 0.3) is 0 Å². The van der Waals surface area contributed by atoms with Gasteiger partial charge in [0.15, 0.2) is 6.29 Å². The van der Waals surface area contributed by atoms with Crippen LogP contribution in [0.3, 0.4) is 0 Å². The molecule has 188 valence electrons. The highest BCUT2D eigenvalue weighted by Gasteiger charge is 2.41. The number of aliphatic hydroxyl groups excluding tert-OH is 1. The molecule has 1 aromatic carbocycles. The smallest absolute Gasteiger partial charge is 0.310 e. The van der Waals surface area contributed by atoms with Crippen molar-refractivity contribution in [1.82, 2.24) is 0 Å². The molecule has 0 bridgehead atoms. The minimum absolute atomic E-state index is 0.144. The van der Waals surface area contributed by atoms with Crippen LogP contribution in [0.4, 0.5) is 0 Å². The zero-order valence-electron chi connectivity index (χ0n) is 21.1. The number of carbonyl (C=O) groups excluding carboxylic acids is 1. The van der Waals surface area contributed by atoms with Crippen LogP contribution in [0, 0.1) is 11.3 Å². The maximum atomic E-state index is 13.2. The Morgan fingerprint density at radius 3 is 2.21 bits per heavy atom. The predicted molar refractivity (Wildman–Crippen MR) is 147 cm³/mol. The number of unbranched alkanes of at least 4 members (excludes halogenated alkanes) is 2. The van der Waals surface area contributed by atoms with Crippen molar-refractivity contribution in [1.29, 1.82) is 0 Å². The molecule has 0 fully saturated rings. The number of rotatable bonds is 14. The molecule has 0 aliphatic heterocycles. The molecule has 1 unspecified atom stereocenters. The van der Waals surface area contributed by atoms with Crippen molar-refractivity contribution in [2.45, 2.75) is 91.1 Å². The third kappa shape index (κ3) is 11.6. The van der Waals surface area contributed by atoms with E-state index >= 15 is 0 Å². The first-order valence-electron chi connectivity index (χ1n) is 11.9. The molecule has 2 N–H and O–H groups in total. The van der Waals surface area contributed by atoms with E-state index in [1.807, 2.05) is 12.1 Å². The number of ether oxygens (including phenoxy) is 1. The van der Waals surface area contributed by atoms with Gasteiger partial charge in [0.05, 0.1) is 12.5 Å². The molecule has 0 aliphatic carbocycles. The maximum Gasteiger partial charge on any atom is 0.310 e. The van der Waals surface area contributed by atoms with E-state index < -0.39 is 6.29 Å². The van der Waals surface area contributed by atoms with Gasteiger partial charge in [-0.2, -0.15) is 0 Å². The monoisotopic (exact) mass is 514 g/mol. The molecule has 0 saturated carbocycles. The summed E-state index contributed by atoms with van der Waals surface area (Å²) in [6.07, 6.45) is 4.10. The lowest BCUT2D eigenvalue weighted by Gasteiger charge is -2.37. The topological polar surface area (TPSA) is 66.8 Å². The maximum absolute atomic E-state index is 13.2. The Kier molecular flexibility index (Phi) is 13.6. The second kappa shape index (κ2) is 14.7. The number of hydrogen-bond donors (Lipinski definition) is 2. The van der Waals surface area contributed by atoms with Gasteiger partial charge in [0.1, 0.15) is 3.53 Å². The number of aliphatic hydroxyl groups is 2. The number of thiocarbonyl (C=S) groups is 1. The van der Waals surface area contributed by atoms with Gasteiger partial charge in [-0.1, -0.05) is 77.0 Å². The lowest BCUT2D eigenvalue weighted by atomic mass is 9.74. The van der Waals surface area contributed by atoms with Crippen molar-refractivity contribution < 1.29 is 19.7 Å². The van der Waals surface area contributed by atoms with E-state index in [2.05, 4.69) is 41.5 Å². The van der Waals surface area contributed by atoms with E-state index in [9.17, 15) is 15.0 Å². The van der Waals surface area contributed by atoms with Gasteiger partial charge < -0.3 is 14.9 Å². The number of thioether (sulfide) groups is 2. The van der Waals surface area contributed by atoms with Gasteiger partial charge >= 0.3 is 5.97 Å². The average Bonchev–Trinajstić information content (AvgIpc) is 2.72. The molecule has 7 heteroatoms. The van der Waals surface area contributed by atoms with Gasteiger partial charge in [0, 0.05) is 10.3 Å². The fraction of sp³-hybridized carbons (Fsp3) is 0.692. The predicted octanol–water partition coefficient (Wildman–Crippen LogP) is 6.92. The number of esters is 1. The standard InChI is InChI=1S/C26H42O4S3/c1-7-9-15-30-23(29)21(26(5,6)33-24(31)32-16-10-8-2)18-25(3,4)17-19-11-13-20(14-12-19)22(27)28/h11-14,21-22,27-28H,7-10,15-18H2,1-6H3. The van der Waals surface area contributed by atoms with Crippen LogP contribution in [0.2, 0.25) is 0 Å². The van der Waals surface area contributed by atoms with Crippen LogP contribution in [0.1, 0.15) is 91.1 Å². The first-order chi connectivity index (χ1) is 15.4. The molecule has 0 heterocycles. The Bertz CT molecular complexity index is 730. The fourth-order valence-electron chi connectivity index (χ4n) is 3.63. The molecule has 4 nitrogen and oxygen atoms in total. The Hall–Kier alpha value is -0.600. The second-order valence-corrected chi connectivity index (χ2v) is 13.8. The van der Waals surface area contributed by atoms with Gasteiger partial charge in [0.2, 0.25) is 0 Å². The van der Waals surface area contributed by atoms with Crippen LogP contribution in [-0.4, -0.2) is 36.8 Å². The summed E-state index contributed by atoms with van der Waals surface area (Å²) in [6.45, 7) is 13.2. The lowest BCUT2D eigenvalue weighted by Crippen LogP contribution is -2.39. The van der Waals surface area contributed by atoms with Crippen LogP contribution >= 0.6 is 35.7 Å². The summed E-state index contributed by atoms with van der Waals surface area (Å²) in [5.41, 5.74) is 1.40. The van der Waals surface area contributed by atoms with Crippen molar-refractivity contribution in [3.05, 3.63) is 35.4 Å². The Balaban J connectivity index is 2.98. The molecule has 33 heavy (non-hydrogen) atoms. The third-order valence-electron chi connectivity index (χ3n) is 5.65. The SMILES string of the molecule is CCCCOC(=O)C(CC(C)(C)Cc1ccc(C(O)O)cc1)C(C)(C)SC(=S)SCCCC. The summed E-state index contributed by atoms with van der Waals surface area (Å²) in [4.78, 5) is 13.2. The van der Waals surface area contributed by atoms with Gasteiger partial charge in [-0.05, 0) is 56.3 Å². The first-order valence-corrected chi connectivity index (χ1v) is 14.1. The van der Waals surface area contributed by atoms with Gasteiger partial charge in [-0.3, -0.25) is 4.79 Å². The number of carbonyl (C=O) groups is 1. The molecule has 0 aromatic heterocycles. The molecule has 0 aliphatic rings. The van der Waals surface area contributed by atoms with Gasteiger partial charge in [-0.25, -0.2) is 0 Å². The summed E-state index contributed by atoms with van der Waals surface area (Å²) in [5.74, 6) is 0.570. The van der Waals surface area contributed by atoms with Crippen LogP contribution in [0.25, 0.3) is 0 Å². The highest BCUT2D eigenvalue weighted by molar-refractivity contribution is 8.47. The molecular formula is C26H42O4S3. The summed E-state index contributed by atoms with van der Waals surface area (Å²) < 4.78 is 6.19. The molecular weight excluding hydrogens is 472 g/mol. The fourth-order valence-corrected chi connectivity index (χ4v) is 7.01. The first kappa shape index (κ1) is 30.4.